The molecule has 0 radical (unpaired) electrons. The van der Waals surface area contributed by atoms with Gasteiger partial charge in [-0.15, -0.1) is 0 Å². The second-order valence-corrected chi connectivity index (χ2v) is 6.40. The highest BCUT2D eigenvalue weighted by Gasteiger charge is 2.22. The lowest BCUT2D eigenvalue weighted by Gasteiger charge is -2.22. The van der Waals surface area contributed by atoms with Crippen molar-refractivity contribution in [2.24, 2.45) is 0 Å². The fourth-order valence-corrected chi connectivity index (χ4v) is 3.04. The summed E-state index contributed by atoms with van der Waals surface area (Å²) in [6, 6.07) is 12.9. The molecule has 1 aliphatic rings. The van der Waals surface area contributed by atoms with Gasteiger partial charge in [-0.05, 0) is 47.5 Å². The Balaban J connectivity index is 1.58. The van der Waals surface area contributed by atoms with Gasteiger partial charge in [-0.2, -0.15) is 0 Å². The van der Waals surface area contributed by atoms with Crippen LogP contribution in [0.4, 0.5) is 0 Å². The minimum Gasteiger partial charge on any atom is -0.454 e. The Morgan fingerprint density at radius 3 is 2.64 bits per heavy atom. The number of nitrogens with zero attached hydrogens (tertiary/aromatic N) is 2. The van der Waals surface area contributed by atoms with Crippen LogP contribution in [0.3, 0.4) is 0 Å². The molecule has 0 fully saturated rings. The first-order valence-corrected chi connectivity index (χ1v) is 8.87. The van der Waals surface area contributed by atoms with Crippen LogP contribution in [0, 0.1) is 0 Å². The highest BCUT2D eigenvalue weighted by molar-refractivity contribution is 5.91. The fraction of sp³-hybridized carbons (Fsp3) is 0.238. The van der Waals surface area contributed by atoms with E-state index in [0.717, 1.165) is 11.1 Å². The lowest BCUT2D eigenvalue weighted by Crippen LogP contribution is -2.29. The molecule has 4 rings (SSSR count). The number of furan rings is 1. The van der Waals surface area contributed by atoms with Crippen molar-refractivity contribution < 1.29 is 23.4 Å². The lowest BCUT2D eigenvalue weighted by atomic mass is 10.1. The Hall–Kier alpha value is -3.32. The normalized spacial score (nSPS) is 12.2. The van der Waals surface area contributed by atoms with Gasteiger partial charge in [0.15, 0.2) is 17.3 Å². The molecule has 0 unspecified atom stereocenters. The summed E-state index contributed by atoms with van der Waals surface area (Å²) >= 11 is 0. The number of benzene rings is 1. The van der Waals surface area contributed by atoms with Crippen LogP contribution in [-0.2, 0) is 24.4 Å². The lowest BCUT2D eigenvalue weighted by molar-refractivity contribution is 0.0689. The Kier molecular flexibility index (Phi) is 5.25. The van der Waals surface area contributed by atoms with Gasteiger partial charge in [-0.1, -0.05) is 6.07 Å². The van der Waals surface area contributed by atoms with Gasteiger partial charge < -0.3 is 23.5 Å². The maximum absolute atomic E-state index is 13.1. The van der Waals surface area contributed by atoms with Gasteiger partial charge in [0.2, 0.25) is 6.79 Å². The third-order valence-electron chi connectivity index (χ3n) is 4.38. The van der Waals surface area contributed by atoms with Crippen molar-refractivity contribution in [1.82, 2.24) is 9.88 Å². The molecule has 0 aliphatic carbocycles. The van der Waals surface area contributed by atoms with Crippen LogP contribution < -0.4 is 9.47 Å². The van der Waals surface area contributed by atoms with Gasteiger partial charge in [-0.3, -0.25) is 9.78 Å². The maximum Gasteiger partial charge on any atom is 0.290 e. The van der Waals surface area contributed by atoms with Crippen molar-refractivity contribution in [2.45, 2.75) is 19.7 Å². The van der Waals surface area contributed by atoms with E-state index >= 15 is 0 Å². The Labute approximate surface area is 162 Å². The minimum absolute atomic E-state index is 0.197. The molecule has 0 atom stereocenters. The van der Waals surface area contributed by atoms with Gasteiger partial charge in [0.05, 0.1) is 0 Å². The number of hydrogen-bond donors (Lipinski definition) is 0. The van der Waals surface area contributed by atoms with Crippen molar-refractivity contribution in [3.05, 3.63) is 77.5 Å². The molecule has 0 spiro atoms. The summed E-state index contributed by atoms with van der Waals surface area (Å²) in [6.45, 7) is 1.36. The van der Waals surface area contributed by atoms with Crippen LogP contribution in [0.15, 0.2) is 59.3 Å². The predicted octanol–water partition coefficient (Wildman–Crippen LogP) is 3.39. The molecule has 3 heterocycles. The molecular weight excluding hydrogens is 360 g/mol. The van der Waals surface area contributed by atoms with Crippen molar-refractivity contribution in [3.8, 4) is 11.5 Å². The van der Waals surface area contributed by atoms with Crippen LogP contribution in [0.5, 0.6) is 11.5 Å². The van der Waals surface area contributed by atoms with E-state index in [-0.39, 0.29) is 18.5 Å². The first-order chi connectivity index (χ1) is 13.7. The molecule has 0 N–H and O–H groups in total. The van der Waals surface area contributed by atoms with Crippen molar-refractivity contribution in [1.29, 1.82) is 0 Å². The number of amides is 1. The van der Waals surface area contributed by atoms with Gasteiger partial charge in [0.25, 0.3) is 5.91 Å². The van der Waals surface area contributed by atoms with Crippen LogP contribution in [0.2, 0.25) is 0 Å². The molecule has 7 nitrogen and oxygen atoms in total. The second-order valence-electron chi connectivity index (χ2n) is 6.40. The smallest absolute Gasteiger partial charge is 0.290 e. The molecule has 28 heavy (non-hydrogen) atoms. The average Bonchev–Trinajstić information content (AvgIpc) is 3.37. The van der Waals surface area contributed by atoms with E-state index < -0.39 is 0 Å². The number of aromatic nitrogens is 1. The first-order valence-electron chi connectivity index (χ1n) is 8.87. The molecule has 3 aromatic rings. The minimum atomic E-state index is -0.197. The molecule has 2 aromatic heterocycles. The van der Waals surface area contributed by atoms with Crippen LogP contribution >= 0.6 is 0 Å². The number of methoxy groups -OCH3 is 1. The number of rotatable bonds is 7. The van der Waals surface area contributed by atoms with Gasteiger partial charge in [-0.25, -0.2) is 0 Å². The fourth-order valence-electron chi connectivity index (χ4n) is 3.04. The van der Waals surface area contributed by atoms with E-state index in [2.05, 4.69) is 4.98 Å². The highest BCUT2D eigenvalue weighted by atomic mass is 16.7. The number of carbonyl (C=O) groups is 1. The summed E-state index contributed by atoms with van der Waals surface area (Å²) in [5.74, 6) is 2.09. The molecule has 1 aromatic carbocycles. The van der Waals surface area contributed by atoms with Crippen molar-refractivity contribution in [2.75, 3.05) is 13.9 Å². The molecule has 144 valence electrons. The summed E-state index contributed by atoms with van der Waals surface area (Å²) in [4.78, 5) is 18.9. The van der Waals surface area contributed by atoms with Crippen LogP contribution in [-0.4, -0.2) is 29.7 Å². The van der Waals surface area contributed by atoms with E-state index in [1.165, 1.54) is 0 Å². The van der Waals surface area contributed by atoms with Gasteiger partial charge >= 0.3 is 0 Å². The molecule has 7 heteroatoms. The standard InChI is InChI=1S/C21H20N2O5/c1-25-13-17-3-5-19(28-17)21(24)23(11-15-6-8-22-9-7-15)12-16-2-4-18-20(10-16)27-14-26-18/h2-10H,11-14H2,1H3. The van der Waals surface area contributed by atoms with Crippen LogP contribution in [0.1, 0.15) is 27.4 Å². The molecule has 1 aliphatic heterocycles. The predicted molar refractivity (Wildman–Crippen MR) is 99.8 cm³/mol. The van der Waals surface area contributed by atoms with Gasteiger partial charge in [0, 0.05) is 32.6 Å². The summed E-state index contributed by atoms with van der Waals surface area (Å²) in [5.41, 5.74) is 1.92. The van der Waals surface area contributed by atoms with Crippen molar-refractivity contribution in [3.63, 3.8) is 0 Å². The Morgan fingerprint density at radius 2 is 1.82 bits per heavy atom. The number of ether oxygens (including phenoxy) is 3. The third-order valence-corrected chi connectivity index (χ3v) is 4.38. The maximum atomic E-state index is 13.1. The number of carbonyl (C=O) groups excluding carboxylic acids is 1. The van der Waals surface area contributed by atoms with E-state index in [0.29, 0.717) is 37.0 Å². The number of hydrogen-bond acceptors (Lipinski definition) is 6. The van der Waals surface area contributed by atoms with E-state index in [4.69, 9.17) is 18.6 Å². The molecule has 0 saturated carbocycles. The quantitative estimate of drug-likeness (QED) is 0.626. The SMILES string of the molecule is COCc1ccc(C(=O)N(Cc2ccncc2)Cc2ccc3c(c2)OCO3)o1. The highest BCUT2D eigenvalue weighted by Crippen LogP contribution is 2.33. The molecule has 1 amide bonds. The first kappa shape index (κ1) is 18.1. The van der Waals surface area contributed by atoms with E-state index in [1.54, 1.807) is 36.5 Å². The van der Waals surface area contributed by atoms with Gasteiger partial charge in [0.1, 0.15) is 12.4 Å². The van der Waals surface area contributed by atoms with E-state index in [9.17, 15) is 4.79 Å². The summed E-state index contributed by atoms with van der Waals surface area (Å²) < 4.78 is 21.5. The summed E-state index contributed by atoms with van der Waals surface area (Å²) in [6.07, 6.45) is 3.42. The monoisotopic (exact) mass is 380 g/mol. The zero-order valence-corrected chi connectivity index (χ0v) is 15.5. The molecule has 0 saturated heterocycles. The molecule has 0 bridgehead atoms. The summed E-state index contributed by atoms with van der Waals surface area (Å²) in [7, 11) is 1.58. The zero-order valence-electron chi connectivity index (χ0n) is 15.5. The average molecular weight is 380 g/mol. The number of pyridine rings is 1. The summed E-state index contributed by atoms with van der Waals surface area (Å²) in [5, 5.41) is 0. The molecular formula is C21H20N2O5. The van der Waals surface area contributed by atoms with E-state index in [1.807, 2.05) is 30.3 Å². The van der Waals surface area contributed by atoms with Crippen molar-refractivity contribution >= 4 is 5.91 Å². The Bertz CT molecular complexity index is 954. The largest absolute Gasteiger partial charge is 0.454 e. The number of fused-ring (bicyclic) bond motifs is 1. The van der Waals surface area contributed by atoms with Crippen LogP contribution in [0.25, 0.3) is 0 Å². The second kappa shape index (κ2) is 8.14. The topological polar surface area (TPSA) is 74.0 Å². The Morgan fingerprint density at radius 1 is 1.04 bits per heavy atom. The zero-order chi connectivity index (χ0) is 19.3. The third kappa shape index (κ3) is 3.99.